The van der Waals surface area contributed by atoms with E-state index in [9.17, 15) is 4.79 Å². The van der Waals surface area contributed by atoms with Crippen LogP contribution < -0.4 is 10.1 Å². The van der Waals surface area contributed by atoms with Crippen LogP contribution in [0.2, 0.25) is 0 Å². The molecule has 0 fully saturated rings. The molecule has 0 aliphatic carbocycles. The van der Waals surface area contributed by atoms with Gasteiger partial charge in [-0.25, -0.2) is 0 Å². The first-order chi connectivity index (χ1) is 13.5. The Labute approximate surface area is 164 Å². The maximum absolute atomic E-state index is 12.8. The molecule has 146 valence electrons. The van der Waals surface area contributed by atoms with Crippen molar-refractivity contribution in [3.05, 3.63) is 59.9 Å². The van der Waals surface area contributed by atoms with Crippen LogP contribution in [0.3, 0.4) is 0 Å². The van der Waals surface area contributed by atoms with Gasteiger partial charge < -0.3 is 10.1 Å². The first kappa shape index (κ1) is 19.5. The molecule has 0 saturated heterocycles. The highest BCUT2D eigenvalue weighted by atomic mass is 16.5. The van der Waals surface area contributed by atoms with Gasteiger partial charge in [-0.15, -0.1) is 10.2 Å². The fourth-order valence-corrected chi connectivity index (χ4v) is 2.95. The maximum atomic E-state index is 12.8. The molecule has 1 aromatic carbocycles. The second kappa shape index (κ2) is 8.65. The predicted octanol–water partition coefficient (Wildman–Crippen LogP) is 3.55. The Morgan fingerprint density at radius 2 is 2.00 bits per heavy atom. The first-order valence-electron chi connectivity index (χ1n) is 9.37. The van der Waals surface area contributed by atoms with Crippen LogP contribution in [-0.2, 0) is 7.05 Å². The zero-order chi connectivity index (χ0) is 20.1. The van der Waals surface area contributed by atoms with Gasteiger partial charge in [-0.3, -0.25) is 9.48 Å². The van der Waals surface area contributed by atoms with Crippen molar-refractivity contribution >= 4 is 5.91 Å². The summed E-state index contributed by atoms with van der Waals surface area (Å²) >= 11 is 0. The molecule has 0 spiro atoms. The highest BCUT2D eigenvalue weighted by Crippen LogP contribution is 2.21. The topological polar surface area (TPSA) is 81.9 Å². The van der Waals surface area contributed by atoms with E-state index in [0.717, 1.165) is 17.7 Å². The number of nitrogens with zero attached hydrogens (tertiary/aromatic N) is 4. The highest BCUT2D eigenvalue weighted by molar-refractivity contribution is 5.95. The molecule has 0 aliphatic heterocycles. The molecule has 28 heavy (non-hydrogen) atoms. The molecule has 0 saturated carbocycles. The highest BCUT2D eigenvalue weighted by Gasteiger charge is 2.17. The molecular weight excluding hydrogens is 354 g/mol. The van der Waals surface area contributed by atoms with Crippen molar-refractivity contribution in [2.24, 2.45) is 7.05 Å². The number of nitrogens with one attached hydrogen (secondary N) is 1. The number of amides is 1. The average molecular weight is 379 g/mol. The van der Waals surface area contributed by atoms with Gasteiger partial charge in [0.15, 0.2) is 0 Å². The number of rotatable bonds is 7. The lowest BCUT2D eigenvalue weighted by atomic mass is 10.1. The van der Waals surface area contributed by atoms with E-state index in [1.165, 1.54) is 0 Å². The lowest BCUT2D eigenvalue weighted by Gasteiger charge is -2.17. The Morgan fingerprint density at radius 1 is 1.18 bits per heavy atom. The Bertz CT molecular complexity index is 934. The molecule has 1 atom stereocenters. The van der Waals surface area contributed by atoms with Gasteiger partial charge in [0, 0.05) is 30.4 Å². The van der Waals surface area contributed by atoms with Gasteiger partial charge in [0.2, 0.25) is 5.88 Å². The lowest BCUT2D eigenvalue weighted by Crippen LogP contribution is -2.29. The Kier molecular flexibility index (Phi) is 6.03. The van der Waals surface area contributed by atoms with Crippen molar-refractivity contribution in [3.63, 3.8) is 0 Å². The Morgan fingerprint density at radius 3 is 2.61 bits per heavy atom. The molecule has 7 nitrogen and oxygen atoms in total. The standard InChI is InChI=1S/C21H25N5O2/c1-5-17(19-11-12-22-26(19)4)23-21(27)16-8-6-7-15(13-16)18-9-10-20(25-24-18)28-14(2)3/h6-14,17H,5H2,1-4H3,(H,23,27)/t17-/m0/s1. The van der Waals surface area contributed by atoms with Crippen LogP contribution in [0.15, 0.2) is 48.7 Å². The fourth-order valence-electron chi connectivity index (χ4n) is 2.95. The minimum absolute atomic E-state index is 0.0399. The monoisotopic (exact) mass is 379 g/mol. The number of aryl methyl sites for hydroxylation is 1. The zero-order valence-electron chi connectivity index (χ0n) is 16.6. The van der Waals surface area contributed by atoms with E-state index in [0.29, 0.717) is 17.1 Å². The van der Waals surface area contributed by atoms with E-state index < -0.39 is 0 Å². The third-order valence-electron chi connectivity index (χ3n) is 4.35. The number of hydrogen-bond acceptors (Lipinski definition) is 5. The van der Waals surface area contributed by atoms with Crippen molar-refractivity contribution in [1.82, 2.24) is 25.3 Å². The van der Waals surface area contributed by atoms with Crippen molar-refractivity contribution in [2.75, 3.05) is 0 Å². The van der Waals surface area contributed by atoms with Crippen LogP contribution in [0.4, 0.5) is 0 Å². The van der Waals surface area contributed by atoms with Gasteiger partial charge >= 0.3 is 0 Å². The summed E-state index contributed by atoms with van der Waals surface area (Å²) in [6.45, 7) is 5.91. The second-order valence-corrected chi connectivity index (χ2v) is 6.82. The van der Waals surface area contributed by atoms with Crippen molar-refractivity contribution in [2.45, 2.75) is 39.3 Å². The largest absolute Gasteiger partial charge is 0.474 e. The third kappa shape index (κ3) is 4.54. The van der Waals surface area contributed by atoms with Gasteiger partial charge in [-0.2, -0.15) is 5.10 Å². The number of carbonyl (C=O) groups excluding carboxylic acids is 1. The van der Waals surface area contributed by atoms with Crippen molar-refractivity contribution < 1.29 is 9.53 Å². The number of carbonyl (C=O) groups is 1. The van der Waals surface area contributed by atoms with Crippen LogP contribution in [0.1, 0.15) is 49.3 Å². The molecule has 3 aromatic rings. The molecule has 2 aromatic heterocycles. The Hall–Kier alpha value is -3.22. The van der Waals surface area contributed by atoms with Gasteiger partial charge in [0.25, 0.3) is 5.91 Å². The number of hydrogen-bond donors (Lipinski definition) is 1. The van der Waals surface area contributed by atoms with Crippen molar-refractivity contribution in [1.29, 1.82) is 0 Å². The molecule has 2 heterocycles. The smallest absolute Gasteiger partial charge is 0.251 e. The summed E-state index contributed by atoms with van der Waals surface area (Å²) in [5.74, 6) is 0.345. The second-order valence-electron chi connectivity index (χ2n) is 6.82. The van der Waals surface area contributed by atoms with Crippen LogP contribution in [0, 0.1) is 0 Å². The van der Waals surface area contributed by atoms with Crippen LogP contribution in [-0.4, -0.2) is 32.0 Å². The summed E-state index contributed by atoms with van der Waals surface area (Å²) in [5.41, 5.74) is 3.05. The summed E-state index contributed by atoms with van der Waals surface area (Å²) in [6, 6.07) is 12.8. The SMILES string of the molecule is CC[C@H](NC(=O)c1cccc(-c2ccc(OC(C)C)nn2)c1)c1ccnn1C. The van der Waals surface area contributed by atoms with Gasteiger partial charge in [-0.05, 0) is 44.5 Å². The van der Waals surface area contributed by atoms with Gasteiger partial charge in [0.1, 0.15) is 0 Å². The quantitative estimate of drug-likeness (QED) is 0.679. The van der Waals surface area contributed by atoms with Crippen LogP contribution in [0.25, 0.3) is 11.3 Å². The molecule has 1 amide bonds. The molecule has 0 unspecified atom stereocenters. The van der Waals surface area contributed by atoms with E-state index in [2.05, 4.69) is 20.6 Å². The van der Waals surface area contributed by atoms with Gasteiger partial charge in [0.05, 0.1) is 23.5 Å². The molecular formula is C21H25N5O2. The Balaban J connectivity index is 1.77. The zero-order valence-corrected chi connectivity index (χ0v) is 16.6. The minimum Gasteiger partial charge on any atom is -0.474 e. The number of aromatic nitrogens is 4. The number of benzene rings is 1. The van der Waals surface area contributed by atoms with E-state index in [1.54, 1.807) is 23.0 Å². The third-order valence-corrected chi connectivity index (χ3v) is 4.35. The number of ether oxygens (including phenoxy) is 1. The lowest BCUT2D eigenvalue weighted by molar-refractivity contribution is 0.0934. The molecule has 7 heteroatoms. The molecule has 1 N–H and O–H groups in total. The van der Waals surface area contributed by atoms with Gasteiger partial charge in [-0.1, -0.05) is 19.1 Å². The predicted molar refractivity (Wildman–Crippen MR) is 107 cm³/mol. The minimum atomic E-state index is -0.136. The first-order valence-corrected chi connectivity index (χ1v) is 9.37. The molecule has 0 bridgehead atoms. The van der Waals surface area contributed by atoms with E-state index in [-0.39, 0.29) is 18.1 Å². The molecule has 0 radical (unpaired) electrons. The average Bonchev–Trinajstić information content (AvgIpc) is 3.12. The molecule has 0 aliphatic rings. The van der Waals surface area contributed by atoms with E-state index >= 15 is 0 Å². The normalized spacial score (nSPS) is 12.0. The van der Waals surface area contributed by atoms with Crippen LogP contribution >= 0.6 is 0 Å². The summed E-state index contributed by atoms with van der Waals surface area (Å²) in [4.78, 5) is 12.8. The fraction of sp³-hybridized carbons (Fsp3) is 0.333. The van der Waals surface area contributed by atoms with E-state index in [1.807, 2.05) is 58.2 Å². The summed E-state index contributed by atoms with van der Waals surface area (Å²) in [7, 11) is 1.87. The van der Waals surface area contributed by atoms with Crippen LogP contribution in [0.5, 0.6) is 5.88 Å². The maximum Gasteiger partial charge on any atom is 0.251 e. The summed E-state index contributed by atoms with van der Waals surface area (Å²) in [5, 5.41) is 15.6. The summed E-state index contributed by atoms with van der Waals surface area (Å²) < 4.78 is 7.30. The summed E-state index contributed by atoms with van der Waals surface area (Å²) in [6.07, 6.45) is 2.54. The van der Waals surface area contributed by atoms with E-state index in [4.69, 9.17) is 4.74 Å². The molecule has 3 rings (SSSR count). The van der Waals surface area contributed by atoms with Crippen molar-refractivity contribution in [3.8, 4) is 17.1 Å².